The Hall–Kier alpha value is -3.69. The third kappa shape index (κ3) is 7.46. The fourth-order valence-electron chi connectivity index (χ4n) is 5.38. The third-order valence-corrected chi connectivity index (χ3v) is 9.15. The van der Waals surface area contributed by atoms with E-state index in [1.54, 1.807) is 34.6 Å². The van der Waals surface area contributed by atoms with Gasteiger partial charge in [-0.15, -0.1) is 0 Å². The summed E-state index contributed by atoms with van der Waals surface area (Å²) in [6, 6.07) is 8.50. The maximum absolute atomic E-state index is 13.6. The van der Waals surface area contributed by atoms with E-state index in [4.69, 9.17) is 17.3 Å². The monoisotopic (exact) mass is 625 g/mol. The molecule has 12 heteroatoms. The van der Waals surface area contributed by atoms with Crippen LogP contribution in [0.5, 0.6) is 0 Å². The van der Waals surface area contributed by atoms with Gasteiger partial charge in [-0.05, 0) is 62.1 Å². The van der Waals surface area contributed by atoms with Gasteiger partial charge in [-0.1, -0.05) is 43.7 Å². The maximum atomic E-state index is 13.6. The number of carboxylic acids is 1. The molecule has 0 bridgehead atoms. The van der Waals surface area contributed by atoms with E-state index >= 15 is 0 Å². The first-order valence-corrected chi connectivity index (χ1v) is 15.8. The van der Waals surface area contributed by atoms with Crippen molar-refractivity contribution in [3.8, 4) is 6.07 Å². The molecule has 9 nitrogen and oxygen atoms in total. The highest BCUT2D eigenvalue weighted by Crippen LogP contribution is 2.36. The molecule has 43 heavy (non-hydrogen) atoms. The van der Waals surface area contributed by atoms with Crippen molar-refractivity contribution in [2.75, 3.05) is 42.5 Å². The lowest BCUT2D eigenvalue weighted by molar-refractivity contribution is -0.137. The summed E-state index contributed by atoms with van der Waals surface area (Å²) in [4.78, 5) is 44.1. The molecule has 3 heterocycles. The van der Waals surface area contributed by atoms with Gasteiger partial charge >= 0.3 is 5.97 Å². The van der Waals surface area contributed by atoms with Gasteiger partial charge in [-0.2, -0.15) is 5.26 Å². The number of nitriles is 1. The number of rotatable bonds is 12. The number of thiocarbonyl (C=S) groups is 1. The van der Waals surface area contributed by atoms with Crippen molar-refractivity contribution in [2.45, 2.75) is 58.9 Å². The zero-order chi connectivity index (χ0) is 31.1. The summed E-state index contributed by atoms with van der Waals surface area (Å²) in [6.45, 7) is 7.11. The van der Waals surface area contributed by atoms with Crippen LogP contribution in [0.4, 0.5) is 15.9 Å². The van der Waals surface area contributed by atoms with E-state index in [0.717, 1.165) is 18.5 Å². The summed E-state index contributed by atoms with van der Waals surface area (Å²) in [5.74, 6) is -0.672. The Labute approximate surface area is 260 Å². The predicted molar refractivity (Wildman–Crippen MR) is 172 cm³/mol. The predicted octanol–water partition coefficient (Wildman–Crippen LogP) is 5.14. The number of aliphatic carboxylic acids is 1. The summed E-state index contributed by atoms with van der Waals surface area (Å²) in [5.41, 5.74) is 1.83. The summed E-state index contributed by atoms with van der Waals surface area (Å²) in [7, 11) is 0. The van der Waals surface area contributed by atoms with E-state index in [1.165, 1.54) is 23.9 Å². The Morgan fingerprint density at radius 2 is 1.74 bits per heavy atom. The minimum Gasteiger partial charge on any atom is -0.481 e. The number of thioether (sulfide) groups is 1. The molecule has 228 valence electrons. The number of pyridine rings is 1. The number of hydrogen-bond acceptors (Lipinski definition) is 8. The number of carbonyl (C=O) groups excluding carboxylic acids is 1. The van der Waals surface area contributed by atoms with Crippen molar-refractivity contribution < 1.29 is 19.1 Å². The van der Waals surface area contributed by atoms with Gasteiger partial charge in [0, 0.05) is 56.9 Å². The molecule has 0 radical (unpaired) electrons. The second kappa shape index (κ2) is 14.7. The van der Waals surface area contributed by atoms with E-state index in [9.17, 15) is 24.0 Å². The summed E-state index contributed by atoms with van der Waals surface area (Å²) >= 11 is 6.72. The number of nitrogens with zero attached hydrogens (tertiary/aromatic N) is 5. The zero-order valence-corrected chi connectivity index (χ0v) is 26.1. The molecule has 0 unspecified atom stereocenters. The van der Waals surface area contributed by atoms with E-state index in [0.29, 0.717) is 84.7 Å². The first kappa shape index (κ1) is 32.2. The van der Waals surface area contributed by atoms with Crippen LogP contribution in [0.2, 0.25) is 0 Å². The Morgan fingerprint density at radius 3 is 2.37 bits per heavy atom. The van der Waals surface area contributed by atoms with E-state index in [-0.39, 0.29) is 29.3 Å². The molecule has 2 aliphatic heterocycles. The van der Waals surface area contributed by atoms with Crippen LogP contribution in [0.15, 0.2) is 34.0 Å². The smallest absolute Gasteiger partial charge is 0.303 e. The van der Waals surface area contributed by atoms with Crippen molar-refractivity contribution in [3.05, 3.63) is 62.0 Å². The second-order valence-corrected chi connectivity index (χ2v) is 12.3. The van der Waals surface area contributed by atoms with Gasteiger partial charge in [0.2, 0.25) is 0 Å². The fraction of sp³-hybridized carbons (Fsp3) is 0.452. The Bertz CT molecular complexity index is 1510. The van der Waals surface area contributed by atoms with Crippen LogP contribution in [-0.4, -0.2) is 63.5 Å². The number of carbonyl (C=O) groups is 2. The van der Waals surface area contributed by atoms with Crippen molar-refractivity contribution >= 4 is 57.8 Å². The van der Waals surface area contributed by atoms with Gasteiger partial charge in [-0.3, -0.25) is 23.9 Å². The van der Waals surface area contributed by atoms with Gasteiger partial charge in [0.15, 0.2) is 0 Å². The highest BCUT2D eigenvalue weighted by atomic mass is 32.2. The highest BCUT2D eigenvalue weighted by molar-refractivity contribution is 8.26. The summed E-state index contributed by atoms with van der Waals surface area (Å²) < 4.78 is 15.6. The zero-order valence-electron chi connectivity index (χ0n) is 24.5. The maximum Gasteiger partial charge on any atom is 0.303 e. The number of amides is 1. The third-order valence-electron chi connectivity index (χ3n) is 7.77. The Morgan fingerprint density at radius 1 is 1.07 bits per heavy atom. The average molecular weight is 626 g/mol. The standard InChI is InChI=1S/C31H36FN5O4S2/c1-3-4-13-36-28(35-17-15-34(16-18-35)23-11-9-22(32)10-12-23)24(21(2)25(20-33)29(36)40)19-26-30(41)37(31(42)43-26)14-7-5-6-8-27(38)39/h9-12,19H,3-8,13-18H2,1-2H3,(H,38,39). The molecule has 4 rings (SSSR count). The normalized spacial score (nSPS) is 16.3. The van der Waals surface area contributed by atoms with E-state index < -0.39 is 5.97 Å². The Kier molecular flexibility index (Phi) is 11.0. The largest absolute Gasteiger partial charge is 0.481 e. The van der Waals surface area contributed by atoms with Crippen LogP contribution >= 0.6 is 24.0 Å². The van der Waals surface area contributed by atoms with Crippen LogP contribution in [-0.2, 0) is 16.1 Å². The number of carboxylic acid groups (broad SMARTS) is 1. The minimum atomic E-state index is -0.839. The molecule has 0 aliphatic carbocycles. The second-order valence-electron chi connectivity index (χ2n) is 10.6. The van der Waals surface area contributed by atoms with Gasteiger partial charge in [0.1, 0.15) is 27.6 Å². The lowest BCUT2D eigenvalue weighted by Gasteiger charge is -2.39. The first-order chi connectivity index (χ1) is 20.7. The molecule has 1 aromatic carbocycles. The molecular formula is C31H36FN5O4S2. The summed E-state index contributed by atoms with van der Waals surface area (Å²) in [5, 5.41) is 18.8. The van der Waals surface area contributed by atoms with Gasteiger partial charge in [0.25, 0.3) is 11.5 Å². The molecule has 2 aliphatic rings. The number of halogens is 1. The van der Waals surface area contributed by atoms with Crippen molar-refractivity contribution in [1.82, 2.24) is 9.47 Å². The molecule has 1 N–H and O–H groups in total. The first-order valence-electron chi connectivity index (χ1n) is 14.6. The van der Waals surface area contributed by atoms with Crippen LogP contribution in [0.1, 0.15) is 62.1 Å². The van der Waals surface area contributed by atoms with Crippen LogP contribution in [0.25, 0.3) is 6.08 Å². The van der Waals surface area contributed by atoms with Crippen LogP contribution in [0.3, 0.4) is 0 Å². The molecule has 1 aromatic heterocycles. The average Bonchev–Trinajstić information content (AvgIpc) is 3.25. The molecule has 2 fully saturated rings. The fourth-order valence-corrected chi connectivity index (χ4v) is 6.67. The van der Waals surface area contributed by atoms with Gasteiger partial charge in [-0.25, -0.2) is 4.39 Å². The molecule has 0 saturated carbocycles. The van der Waals surface area contributed by atoms with Gasteiger partial charge < -0.3 is 14.9 Å². The van der Waals surface area contributed by atoms with Crippen molar-refractivity contribution in [1.29, 1.82) is 5.26 Å². The van der Waals surface area contributed by atoms with Crippen molar-refractivity contribution in [2.24, 2.45) is 0 Å². The molecule has 2 saturated heterocycles. The SMILES string of the molecule is CCCCn1c(N2CCN(c3ccc(F)cc3)CC2)c(C=C2SC(=S)N(CCCCCC(=O)O)C2=O)c(C)c(C#N)c1=O. The van der Waals surface area contributed by atoms with E-state index in [1.807, 2.05) is 6.92 Å². The number of benzene rings is 1. The van der Waals surface area contributed by atoms with Crippen LogP contribution < -0.4 is 15.4 Å². The number of anilines is 2. The Balaban J connectivity index is 1.67. The van der Waals surface area contributed by atoms with Crippen molar-refractivity contribution in [3.63, 3.8) is 0 Å². The quantitative estimate of drug-likeness (QED) is 0.195. The number of hydrogen-bond donors (Lipinski definition) is 1. The van der Waals surface area contributed by atoms with E-state index in [2.05, 4.69) is 15.9 Å². The molecule has 0 atom stereocenters. The molecular weight excluding hydrogens is 590 g/mol. The minimum absolute atomic E-state index is 0.0601. The van der Waals surface area contributed by atoms with Crippen LogP contribution in [0, 0.1) is 24.1 Å². The lowest BCUT2D eigenvalue weighted by Crippen LogP contribution is -2.48. The number of piperazine rings is 1. The molecule has 0 spiro atoms. The lowest BCUT2D eigenvalue weighted by atomic mass is 10.0. The number of aromatic nitrogens is 1. The molecule has 2 aromatic rings. The topological polar surface area (TPSA) is 110 Å². The summed E-state index contributed by atoms with van der Waals surface area (Å²) in [6.07, 6.45) is 5.31. The van der Waals surface area contributed by atoms with Gasteiger partial charge in [0.05, 0.1) is 4.91 Å². The number of unbranched alkanes of at least 4 members (excludes halogenated alkanes) is 3. The highest BCUT2D eigenvalue weighted by Gasteiger charge is 2.33. The molecule has 1 amide bonds.